The average Bonchev–Trinajstić information content (AvgIpc) is 2.39. The fourth-order valence-electron chi connectivity index (χ4n) is 2.81. The highest BCUT2D eigenvalue weighted by Gasteiger charge is 2.34. The molecule has 0 saturated heterocycles. The number of halogens is 1. The number of hydrogen-bond donors (Lipinski definition) is 0. The quantitative estimate of drug-likeness (QED) is 0.736. The highest BCUT2D eigenvalue weighted by molar-refractivity contribution is 6.31. The number of hydrogen-bond acceptors (Lipinski definition) is 2. The van der Waals surface area contributed by atoms with Gasteiger partial charge in [-0.3, -0.25) is 9.59 Å². The molecule has 19 heavy (non-hydrogen) atoms. The van der Waals surface area contributed by atoms with Crippen molar-refractivity contribution in [2.45, 2.75) is 32.1 Å². The molecule has 0 aromatic heterocycles. The number of carbonyl (C=O) groups excluding carboxylic acids is 2. The van der Waals surface area contributed by atoms with Crippen molar-refractivity contribution >= 4 is 29.1 Å². The van der Waals surface area contributed by atoms with Crippen molar-refractivity contribution < 1.29 is 9.59 Å². The van der Waals surface area contributed by atoms with Gasteiger partial charge >= 0.3 is 0 Å². The Balaban J connectivity index is 2.01. The van der Waals surface area contributed by atoms with Gasteiger partial charge in [0.2, 0.25) is 5.91 Å². The zero-order chi connectivity index (χ0) is 13.4. The number of nitrogens with zero attached hydrogens (tertiary/aromatic N) is 1. The van der Waals surface area contributed by atoms with Gasteiger partial charge in [0.05, 0.1) is 5.69 Å². The molecule has 0 bridgehead atoms. The molecule has 98 valence electrons. The Hall–Kier alpha value is -1.61. The molecule has 0 radical (unpaired) electrons. The van der Waals surface area contributed by atoms with Crippen LogP contribution >= 0.6 is 11.6 Å². The average molecular weight is 276 g/mol. The highest BCUT2D eigenvalue weighted by Crippen LogP contribution is 2.34. The summed E-state index contributed by atoms with van der Waals surface area (Å²) in [5.74, 6) is -0.305. The summed E-state index contributed by atoms with van der Waals surface area (Å²) in [6, 6.07) is 6.89. The zero-order valence-electron chi connectivity index (χ0n) is 10.5. The van der Waals surface area contributed by atoms with Crippen LogP contribution in [0, 0.1) is 0 Å². The normalized spacial score (nSPS) is 19.7. The molecule has 1 aromatic rings. The minimum Gasteiger partial charge on any atom is -0.274 e. The molecule has 0 spiro atoms. The van der Waals surface area contributed by atoms with Crippen molar-refractivity contribution in [1.82, 2.24) is 0 Å². The van der Waals surface area contributed by atoms with Crippen LogP contribution in [0.15, 0.2) is 35.4 Å². The van der Waals surface area contributed by atoms with E-state index in [0.29, 0.717) is 17.1 Å². The first-order valence-electron chi connectivity index (χ1n) is 6.50. The van der Waals surface area contributed by atoms with E-state index in [4.69, 9.17) is 11.6 Å². The Kier molecular flexibility index (Phi) is 3.15. The molecule has 2 amide bonds. The lowest BCUT2D eigenvalue weighted by Crippen LogP contribution is -2.42. The topological polar surface area (TPSA) is 37.4 Å². The molecule has 0 atom stereocenters. The molecule has 3 rings (SSSR count). The minimum atomic E-state index is -0.159. The number of anilines is 1. The largest absolute Gasteiger partial charge is 0.274 e. The summed E-state index contributed by atoms with van der Waals surface area (Å²) in [5, 5.41) is 0.529. The predicted octanol–water partition coefficient (Wildman–Crippen LogP) is 3.47. The second kappa shape index (κ2) is 4.82. The Morgan fingerprint density at radius 3 is 2.68 bits per heavy atom. The summed E-state index contributed by atoms with van der Waals surface area (Å²) >= 11 is 5.94. The van der Waals surface area contributed by atoms with Gasteiger partial charge < -0.3 is 0 Å². The molecule has 0 fully saturated rings. The van der Waals surface area contributed by atoms with Gasteiger partial charge in [0, 0.05) is 17.0 Å². The summed E-state index contributed by atoms with van der Waals surface area (Å²) in [5.41, 5.74) is 2.45. The molecule has 2 aliphatic rings. The fourth-order valence-corrected chi connectivity index (χ4v) is 2.99. The van der Waals surface area contributed by atoms with Gasteiger partial charge in [-0.2, -0.15) is 0 Å². The van der Waals surface area contributed by atoms with Crippen LogP contribution in [0.3, 0.4) is 0 Å². The van der Waals surface area contributed by atoms with Gasteiger partial charge in [0.1, 0.15) is 0 Å². The second-order valence-electron chi connectivity index (χ2n) is 4.98. The molecule has 1 heterocycles. The van der Waals surface area contributed by atoms with Crippen LogP contribution in [-0.2, 0) is 9.59 Å². The van der Waals surface area contributed by atoms with E-state index in [1.54, 1.807) is 24.3 Å². The first-order valence-corrected chi connectivity index (χ1v) is 6.88. The summed E-state index contributed by atoms with van der Waals surface area (Å²) < 4.78 is 0. The summed E-state index contributed by atoms with van der Waals surface area (Å²) in [6.45, 7) is 0. The lowest BCUT2D eigenvalue weighted by atomic mass is 9.86. The van der Waals surface area contributed by atoms with E-state index >= 15 is 0 Å². The van der Waals surface area contributed by atoms with Crippen molar-refractivity contribution in [3.63, 3.8) is 0 Å². The van der Waals surface area contributed by atoms with Gasteiger partial charge in [0.15, 0.2) is 0 Å². The lowest BCUT2D eigenvalue weighted by molar-refractivity contribution is -0.125. The molecule has 1 aliphatic carbocycles. The second-order valence-corrected chi connectivity index (χ2v) is 5.42. The van der Waals surface area contributed by atoms with Crippen LogP contribution in [0.5, 0.6) is 0 Å². The number of rotatable bonds is 1. The summed E-state index contributed by atoms with van der Waals surface area (Å²) in [4.78, 5) is 26.0. The Morgan fingerprint density at radius 2 is 1.89 bits per heavy atom. The van der Waals surface area contributed by atoms with E-state index in [0.717, 1.165) is 36.8 Å². The Labute approximate surface area is 116 Å². The molecular formula is C15H14ClNO2. The van der Waals surface area contributed by atoms with Crippen molar-refractivity contribution in [2.24, 2.45) is 0 Å². The van der Waals surface area contributed by atoms with Crippen LogP contribution in [0.4, 0.5) is 5.69 Å². The van der Waals surface area contributed by atoms with E-state index in [1.165, 1.54) is 4.90 Å². The van der Waals surface area contributed by atoms with E-state index in [2.05, 4.69) is 0 Å². The summed E-state index contributed by atoms with van der Waals surface area (Å²) in [6.07, 6.45) is 4.15. The van der Waals surface area contributed by atoms with Gasteiger partial charge in [-0.05, 0) is 43.9 Å². The molecule has 3 nitrogen and oxygen atoms in total. The maximum absolute atomic E-state index is 12.5. The molecular weight excluding hydrogens is 262 g/mol. The first kappa shape index (κ1) is 12.4. The first-order chi connectivity index (χ1) is 9.16. The fraction of sp³-hybridized carbons (Fsp3) is 0.333. The third kappa shape index (κ3) is 2.19. The van der Waals surface area contributed by atoms with Gasteiger partial charge in [-0.15, -0.1) is 0 Å². The van der Waals surface area contributed by atoms with E-state index in [-0.39, 0.29) is 11.8 Å². The van der Waals surface area contributed by atoms with Crippen molar-refractivity contribution in [3.05, 3.63) is 40.4 Å². The summed E-state index contributed by atoms with van der Waals surface area (Å²) in [7, 11) is 0. The van der Waals surface area contributed by atoms with E-state index < -0.39 is 0 Å². The van der Waals surface area contributed by atoms with Crippen LogP contribution in [-0.4, -0.2) is 11.8 Å². The van der Waals surface area contributed by atoms with Gasteiger partial charge in [0.25, 0.3) is 5.91 Å². The van der Waals surface area contributed by atoms with Crippen molar-refractivity contribution in [2.75, 3.05) is 4.90 Å². The lowest BCUT2D eigenvalue weighted by Gasteiger charge is -2.31. The monoisotopic (exact) mass is 275 g/mol. The van der Waals surface area contributed by atoms with Gasteiger partial charge in [-0.25, -0.2) is 4.90 Å². The maximum Gasteiger partial charge on any atom is 0.260 e. The number of imide groups is 1. The molecule has 1 aliphatic heterocycles. The molecule has 0 N–H and O–H groups in total. The van der Waals surface area contributed by atoms with Crippen LogP contribution < -0.4 is 4.90 Å². The van der Waals surface area contributed by atoms with Crippen molar-refractivity contribution in [1.29, 1.82) is 0 Å². The zero-order valence-corrected chi connectivity index (χ0v) is 11.2. The standard InChI is InChI=1S/C15H14ClNO2/c16-11-5-3-6-12(9-11)17-14(18)8-10-4-1-2-7-13(10)15(17)19/h3,5-6,9H,1-2,4,7-8H2. The predicted molar refractivity (Wildman–Crippen MR) is 74.1 cm³/mol. The molecule has 4 heteroatoms. The third-order valence-electron chi connectivity index (χ3n) is 3.72. The van der Waals surface area contributed by atoms with E-state index in [1.807, 2.05) is 0 Å². The maximum atomic E-state index is 12.5. The minimum absolute atomic E-state index is 0.145. The van der Waals surface area contributed by atoms with Crippen molar-refractivity contribution in [3.8, 4) is 0 Å². The molecule has 0 unspecified atom stereocenters. The SMILES string of the molecule is O=C1CC2=C(CCCC2)C(=O)N1c1cccc(Cl)c1. The smallest absolute Gasteiger partial charge is 0.260 e. The van der Waals surface area contributed by atoms with E-state index in [9.17, 15) is 9.59 Å². The number of carbonyl (C=O) groups is 2. The third-order valence-corrected chi connectivity index (χ3v) is 3.96. The Morgan fingerprint density at radius 1 is 1.11 bits per heavy atom. The van der Waals surface area contributed by atoms with Crippen LogP contribution in [0.2, 0.25) is 5.02 Å². The molecule has 0 saturated carbocycles. The molecule has 1 aromatic carbocycles. The Bertz CT molecular complexity index is 592. The van der Waals surface area contributed by atoms with Crippen LogP contribution in [0.1, 0.15) is 32.1 Å². The number of amides is 2. The number of benzene rings is 1. The highest BCUT2D eigenvalue weighted by atomic mass is 35.5. The van der Waals surface area contributed by atoms with Crippen LogP contribution in [0.25, 0.3) is 0 Å². The van der Waals surface area contributed by atoms with Gasteiger partial charge in [-0.1, -0.05) is 23.2 Å².